The summed E-state index contributed by atoms with van der Waals surface area (Å²) in [6.07, 6.45) is 2.01. The summed E-state index contributed by atoms with van der Waals surface area (Å²) in [7, 11) is 0. The number of ether oxygens (including phenoxy) is 1. The predicted molar refractivity (Wildman–Crippen MR) is 127 cm³/mol. The van der Waals surface area contributed by atoms with Crippen LogP contribution in [0.1, 0.15) is 5.56 Å². The lowest BCUT2D eigenvalue weighted by molar-refractivity contribution is -0.113. The first-order valence-electron chi connectivity index (χ1n) is 10.1. The molecule has 1 fully saturated rings. The number of nitrogens with zero attached hydrogens (tertiary/aromatic N) is 4. The number of morpholine rings is 1. The number of carbonyl (C=O) groups excluding carboxylic acids is 1. The maximum atomic E-state index is 12.6. The smallest absolute Gasteiger partial charge is 0.234 e. The third-order valence-electron chi connectivity index (χ3n) is 4.86. The van der Waals surface area contributed by atoms with Gasteiger partial charge < -0.3 is 15.0 Å². The Labute approximate surface area is 190 Å². The molecule has 0 radical (unpaired) electrons. The normalized spacial score (nSPS) is 13.9. The van der Waals surface area contributed by atoms with Gasteiger partial charge in [-0.25, -0.2) is 0 Å². The van der Waals surface area contributed by atoms with Crippen LogP contribution in [0.25, 0.3) is 5.69 Å². The Bertz CT molecular complexity index is 1050. The average molecular weight is 456 g/mol. The number of rotatable bonds is 7. The van der Waals surface area contributed by atoms with Crippen molar-refractivity contribution in [3.63, 3.8) is 0 Å². The Kier molecular flexibility index (Phi) is 7.16. The molecule has 1 aromatic heterocycles. The van der Waals surface area contributed by atoms with Crippen molar-refractivity contribution in [3.8, 4) is 5.69 Å². The van der Waals surface area contributed by atoms with E-state index in [1.165, 1.54) is 11.8 Å². The highest BCUT2D eigenvalue weighted by molar-refractivity contribution is 7.99. The van der Waals surface area contributed by atoms with Crippen LogP contribution in [0.5, 0.6) is 0 Å². The van der Waals surface area contributed by atoms with Crippen LogP contribution in [0.3, 0.4) is 0 Å². The van der Waals surface area contributed by atoms with E-state index in [1.807, 2.05) is 47.2 Å². The van der Waals surface area contributed by atoms with Gasteiger partial charge in [-0.1, -0.05) is 30.0 Å². The molecule has 0 saturated carbocycles. The zero-order valence-corrected chi connectivity index (χ0v) is 19.2. The van der Waals surface area contributed by atoms with E-state index in [0.717, 1.165) is 40.9 Å². The van der Waals surface area contributed by atoms with E-state index in [0.29, 0.717) is 18.4 Å². The van der Waals surface area contributed by atoms with Crippen molar-refractivity contribution in [1.82, 2.24) is 14.8 Å². The fourth-order valence-electron chi connectivity index (χ4n) is 3.34. The van der Waals surface area contributed by atoms with Gasteiger partial charge in [0.05, 0.1) is 24.7 Å². The van der Waals surface area contributed by atoms with Crippen LogP contribution in [-0.2, 0) is 9.53 Å². The van der Waals surface area contributed by atoms with Crippen molar-refractivity contribution >= 4 is 41.1 Å². The van der Waals surface area contributed by atoms with Gasteiger partial charge in [0.1, 0.15) is 0 Å². The lowest BCUT2D eigenvalue weighted by Gasteiger charge is -2.28. The van der Waals surface area contributed by atoms with Crippen molar-refractivity contribution < 1.29 is 9.53 Å². The number of nitrogens with one attached hydrogen (secondary N) is 1. The summed E-state index contributed by atoms with van der Waals surface area (Å²) in [6.45, 7) is 4.92. The van der Waals surface area contributed by atoms with Crippen molar-refractivity contribution in [1.29, 1.82) is 0 Å². The molecule has 1 saturated heterocycles. The van der Waals surface area contributed by atoms with Gasteiger partial charge in [0, 0.05) is 23.7 Å². The van der Waals surface area contributed by atoms with Gasteiger partial charge in [-0.05, 0) is 49.1 Å². The van der Waals surface area contributed by atoms with E-state index < -0.39 is 0 Å². The molecule has 0 spiro atoms. The Morgan fingerprint density at radius 1 is 1.13 bits per heavy atom. The Balaban J connectivity index is 1.53. The van der Waals surface area contributed by atoms with Crippen LogP contribution in [0.15, 0.2) is 58.6 Å². The molecule has 0 aliphatic carbocycles. The van der Waals surface area contributed by atoms with Crippen LogP contribution < -0.4 is 10.2 Å². The van der Waals surface area contributed by atoms with E-state index in [1.54, 1.807) is 11.8 Å². The summed E-state index contributed by atoms with van der Waals surface area (Å²) >= 11 is 3.03. The van der Waals surface area contributed by atoms with Gasteiger partial charge in [-0.2, -0.15) is 0 Å². The van der Waals surface area contributed by atoms with Gasteiger partial charge in [0.15, 0.2) is 5.16 Å². The summed E-state index contributed by atoms with van der Waals surface area (Å²) in [5.41, 5.74) is 2.94. The molecule has 9 heteroatoms. The maximum Gasteiger partial charge on any atom is 0.234 e. The quantitative estimate of drug-likeness (QED) is 0.542. The molecule has 4 rings (SSSR count). The standard InChI is InChI=1S/C22H25N5O2S2/c1-16-5-3-7-18(13-16)27-21(26-9-11-29-12-10-26)24-25-22(27)31-15-20(28)23-17-6-4-8-19(14-17)30-2/h3-8,13-14H,9-12,15H2,1-2H3,(H,23,28). The van der Waals surface area contributed by atoms with Crippen LogP contribution in [0.4, 0.5) is 11.6 Å². The lowest BCUT2D eigenvalue weighted by Crippen LogP contribution is -2.37. The first kappa shape index (κ1) is 21.7. The summed E-state index contributed by atoms with van der Waals surface area (Å²) in [5.74, 6) is 0.954. The molecular weight excluding hydrogens is 430 g/mol. The van der Waals surface area contributed by atoms with Crippen molar-refractivity contribution in [3.05, 3.63) is 54.1 Å². The fraction of sp³-hybridized carbons (Fsp3) is 0.318. The van der Waals surface area contributed by atoms with Gasteiger partial charge in [0.25, 0.3) is 0 Å². The number of anilines is 2. The van der Waals surface area contributed by atoms with Crippen molar-refractivity contribution in [2.45, 2.75) is 17.0 Å². The zero-order valence-electron chi connectivity index (χ0n) is 17.6. The first-order chi connectivity index (χ1) is 15.1. The molecule has 3 aromatic rings. The SMILES string of the molecule is CSc1cccc(NC(=O)CSc2nnc(N3CCOCC3)n2-c2cccc(C)c2)c1. The molecular formula is C22H25N5O2S2. The van der Waals surface area contributed by atoms with Crippen molar-refractivity contribution in [2.24, 2.45) is 0 Å². The molecule has 162 valence electrons. The monoisotopic (exact) mass is 455 g/mol. The number of hydrogen-bond donors (Lipinski definition) is 1. The summed E-state index contributed by atoms with van der Waals surface area (Å²) in [5, 5.41) is 12.5. The van der Waals surface area contributed by atoms with E-state index in [9.17, 15) is 4.79 Å². The van der Waals surface area contributed by atoms with Crippen LogP contribution in [0, 0.1) is 6.92 Å². The lowest BCUT2D eigenvalue weighted by atomic mass is 10.2. The molecule has 31 heavy (non-hydrogen) atoms. The van der Waals surface area contributed by atoms with Gasteiger partial charge in [0.2, 0.25) is 11.9 Å². The molecule has 1 amide bonds. The molecule has 0 atom stereocenters. The minimum atomic E-state index is -0.0741. The number of thioether (sulfide) groups is 2. The molecule has 0 bridgehead atoms. The Morgan fingerprint density at radius 2 is 1.94 bits per heavy atom. The van der Waals surface area contributed by atoms with Gasteiger partial charge >= 0.3 is 0 Å². The maximum absolute atomic E-state index is 12.6. The highest BCUT2D eigenvalue weighted by Gasteiger charge is 2.22. The van der Waals surface area contributed by atoms with E-state index >= 15 is 0 Å². The third kappa shape index (κ3) is 5.41. The number of benzene rings is 2. The summed E-state index contributed by atoms with van der Waals surface area (Å²) < 4.78 is 7.52. The highest BCUT2D eigenvalue weighted by atomic mass is 32.2. The largest absolute Gasteiger partial charge is 0.378 e. The minimum absolute atomic E-state index is 0.0741. The van der Waals surface area contributed by atoms with Crippen LogP contribution >= 0.6 is 23.5 Å². The van der Waals surface area contributed by atoms with E-state index in [2.05, 4.69) is 39.5 Å². The second-order valence-corrected chi connectivity index (χ2v) is 8.95. The second-order valence-electron chi connectivity index (χ2n) is 7.13. The van der Waals surface area contributed by atoms with Gasteiger partial charge in [-0.15, -0.1) is 22.0 Å². The molecule has 1 aliphatic rings. The molecule has 1 N–H and O–H groups in total. The first-order valence-corrected chi connectivity index (χ1v) is 12.3. The van der Waals surface area contributed by atoms with Crippen LogP contribution in [0.2, 0.25) is 0 Å². The average Bonchev–Trinajstić information content (AvgIpc) is 3.22. The number of aromatic nitrogens is 3. The Hall–Kier alpha value is -2.49. The van der Waals surface area contributed by atoms with Gasteiger partial charge in [-0.3, -0.25) is 9.36 Å². The van der Waals surface area contributed by atoms with Crippen molar-refractivity contribution in [2.75, 3.05) is 48.5 Å². The molecule has 0 unspecified atom stereocenters. The zero-order chi connectivity index (χ0) is 21.6. The van der Waals surface area contributed by atoms with E-state index in [4.69, 9.17) is 4.74 Å². The molecule has 2 aromatic carbocycles. The second kappa shape index (κ2) is 10.2. The highest BCUT2D eigenvalue weighted by Crippen LogP contribution is 2.28. The topological polar surface area (TPSA) is 72.3 Å². The fourth-order valence-corrected chi connectivity index (χ4v) is 4.55. The molecule has 2 heterocycles. The Morgan fingerprint density at radius 3 is 2.71 bits per heavy atom. The number of hydrogen-bond acceptors (Lipinski definition) is 7. The summed E-state index contributed by atoms with van der Waals surface area (Å²) in [6, 6.07) is 16.1. The number of aryl methyl sites for hydroxylation is 1. The number of amides is 1. The minimum Gasteiger partial charge on any atom is -0.378 e. The predicted octanol–water partition coefficient (Wildman–Crippen LogP) is 3.87. The molecule has 7 nitrogen and oxygen atoms in total. The third-order valence-corrected chi connectivity index (χ3v) is 6.51. The molecule has 1 aliphatic heterocycles. The van der Waals surface area contributed by atoms with Crippen LogP contribution in [-0.4, -0.2) is 59.0 Å². The van der Waals surface area contributed by atoms with E-state index in [-0.39, 0.29) is 11.7 Å². The summed E-state index contributed by atoms with van der Waals surface area (Å²) in [4.78, 5) is 15.9. The number of carbonyl (C=O) groups is 1.